The van der Waals surface area contributed by atoms with E-state index >= 15 is 0 Å². The molecule has 0 bridgehead atoms. The maximum Gasteiger partial charge on any atom is 0.308 e. The average Bonchev–Trinajstić information content (AvgIpc) is 2.16. The third-order valence-corrected chi connectivity index (χ3v) is 3.14. The van der Waals surface area contributed by atoms with Crippen molar-refractivity contribution in [3.63, 3.8) is 0 Å². The molecule has 1 aromatic carbocycles. The number of carboxylic acids is 1. The highest BCUT2D eigenvalue weighted by molar-refractivity contribution is 9.10. The Balaban J connectivity index is 0.00000256. The van der Waals surface area contributed by atoms with Crippen molar-refractivity contribution < 1.29 is 9.90 Å². The topological polar surface area (TPSA) is 63.3 Å². The molecule has 0 fully saturated rings. The van der Waals surface area contributed by atoms with Crippen molar-refractivity contribution in [3.05, 3.63) is 33.3 Å². The number of carboxylic acid groups (broad SMARTS) is 1. The van der Waals surface area contributed by atoms with Gasteiger partial charge in [-0.15, -0.1) is 12.4 Å². The Hall–Kier alpha value is -0.290. The summed E-state index contributed by atoms with van der Waals surface area (Å²) >= 11 is 9.19. The third kappa shape index (κ3) is 4.47. The second kappa shape index (κ2) is 7.21. The van der Waals surface area contributed by atoms with E-state index < -0.39 is 17.9 Å². The lowest BCUT2D eigenvalue weighted by molar-refractivity contribution is -0.142. The number of hydrogen-bond acceptors (Lipinski definition) is 2. The molecule has 0 spiro atoms. The monoisotopic (exact) mass is 341 g/mol. The smallest absolute Gasteiger partial charge is 0.308 e. The Bertz CT molecular complexity index is 381. The zero-order chi connectivity index (χ0) is 12.3. The lowest BCUT2D eigenvalue weighted by atomic mass is 9.92. The van der Waals surface area contributed by atoms with E-state index in [-0.39, 0.29) is 12.4 Å². The molecule has 0 saturated carbocycles. The van der Waals surface area contributed by atoms with Crippen LogP contribution in [0.5, 0.6) is 0 Å². The summed E-state index contributed by atoms with van der Waals surface area (Å²) in [5, 5.41) is 9.56. The van der Waals surface area contributed by atoms with Gasteiger partial charge in [0.1, 0.15) is 0 Å². The molecule has 0 saturated heterocycles. The maximum absolute atomic E-state index is 11.0. The summed E-state index contributed by atoms with van der Waals surface area (Å²) in [5.41, 5.74) is 6.66. The summed E-state index contributed by atoms with van der Waals surface area (Å²) in [7, 11) is 0. The molecule has 3 nitrogen and oxygen atoms in total. The van der Waals surface area contributed by atoms with Crippen LogP contribution in [0, 0.1) is 5.92 Å². The van der Waals surface area contributed by atoms with Gasteiger partial charge in [-0.25, -0.2) is 0 Å². The van der Waals surface area contributed by atoms with Gasteiger partial charge < -0.3 is 10.8 Å². The van der Waals surface area contributed by atoms with Crippen molar-refractivity contribution in [2.24, 2.45) is 11.7 Å². The van der Waals surface area contributed by atoms with Gasteiger partial charge in [0.25, 0.3) is 0 Å². The van der Waals surface area contributed by atoms with Crippen LogP contribution in [0.25, 0.3) is 0 Å². The third-order valence-electron chi connectivity index (χ3n) is 2.46. The fourth-order valence-electron chi connectivity index (χ4n) is 1.58. The molecule has 0 amide bonds. The normalized spacial score (nSPS) is 13.6. The standard InChI is InChI=1S/C11H13BrClNO2.ClH/c1-2-9(11(15)16)10(14)6-3-7(12)5-8(13)4-6;/h3-5,9-10H,2,14H2,1H3,(H,15,16);1H. The zero-order valence-electron chi connectivity index (χ0n) is 9.19. The summed E-state index contributed by atoms with van der Waals surface area (Å²) in [6, 6.07) is 4.68. The molecule has 0 radical (unpaired) electrons. The number of rotatable bonds is 4. The number of aliphatic carboxylic acids is 1. The van der Waals surface area contributed by atoms with Crippen molar-refractivity contribution in [2.75, 3.05) is 0 Å². The van der Waals surface area contributed by atoms with Crippen molar-refractivity contribution in [1.29, 1.82) is 0 Å². The van der Waals surface area contributed by atoms with Crippen molar-refractivity contribution in [1.82, 2.24) is 0 Å². The number of halogens is 3. The molecule has 3 N–H and O–H groups in total. The predicted octanol–water partition coefficient (Wildman–Crippen LogP) is 3.63. The van der Waals surface area contributed by atoms with Crippen LogP contribution in [-0.4, -0.2) is 11.1 Å². The molecule has 0 aliphatic rings. The average molecular weight is 343 g/mol. The molecule has 17 heavy (non-hydrogen) atoms. The fraction of sp³-hybridized carbons (Fsp3) is 0.364. The summed E-state index contributed by atoms with van der Waals surface area (Å²) in [6.45, 7) is 1.80. The predicted molar refractivity (Wildman–Crippen MR) is 74.7 cm³/mol. The lowest BCUT2D eigenvalue weighted by Gasteiger charge is -2.19. The highest BCUT2D eigenvalue weighted by atomic mass is 79.9. The molecule has 0 aromatic heterocycles. The van der Waals surface area contributed by atoms with Crippen LogP contribution in [-0.2, 0) is 4.79 Å². The van der Waals surface area contributed by atoms with Crippen LogP contribution in [0.1, 0.15) is 24.9 Å². The molecule has 1 aromatic rings. The van der Waals surface area contributed by atoms with Crippen LogP contribution >= 0.6 is 39.9 Å². The number of carbonyl (C=O) groups is 1. The Kier molecular flexibility index (Phi) is 7.09. The second-order valence-corrected chi connectivity index (χ2v) is 4.93. The number of hydrogen-bond donors (Lipinski definition) is 2. The molecular weight excluding hydrogens is 329 g/mol. The Labute approximate surface area is 120 Å². The molecule has 6 heteroatoms. The molecule has 2 unspecified atom stereocenters. The van der Waals surface area contributed by atoms with Gasteiger partial charge in [0.15, 0.2) is 0 Å². The van der Waals surface area contributed by atoms with Crippen molar-refractivity contribution in [3.8, 4) is 0 Å². The first kappa shape index (κ1) is 16.7. The van der Waals surface area contributed by atoms with E-state index in [9.17, 15) is 4.79 Å². The second-order valence-electron chi connectivity index (χ2n) is 3.58. The van der Waals surface area contributed by atoms with E-state index in [2.05, 4.69) is 15.9 Å². The summed E-state index contributed by atoms with van der Waals surface area (Å²) in [6.07, 6.45) is 0.487. The van der Waals surface area contributed by atoms with Crippen LogP contribution in [0.2, 0.25) is 5.02 Å². The number of nitrogens with two attached hydrogens (primary N) is 1. The van der Waals surface area contributed by atoms with E-state index in [0.717, 1.165) is 10.0 Å². The first-order valence-electron chi connectivity index (χ1n) is 4.90. The van der Waals surface area contributed by atoms with Gasteiger partial charge >= 0.3 is 5.97 Å². The summed E-state index contributed by atoms with van der Waals surface area (Å²) < 4.78 is 0.797. The highest BCUT2D eigenvalue weighted by Gasteiger charge is 2.24. The lowest BCUT2D eigenvalue weighted by Crippen LogP contribution is -2.27. The highest BCUT2D eigenvalue weighted by Crippen LogP contribution is 2.28. The minimum absolute atomic E-state index is 0. The Morgan fingerprint density at radius 2 is 2.12 bits per heavy atom. The number of benzene rings is 1. The van der Waals surface area contributed by atoms with Crippen LogP contribution in [0.15, 0.2) is 22.7 Å². The SMILES string of the molecule is CCC(C(=O)O)C(N)c1cc(Cl)cc(Br)c1.Cl. The van der Waals surface area contributed by atoms with E-state index in [1.54, 1.807) is 25.1 Å². The van der Waals surface area contributed by atoms with Crippen LogP contribution in [0.3, 0.4) is 0 Å². The van der Waals surface area contributed by atoms with Crippen molar-refractivity contribution >= 4 is 45.9 Å². The van der Waals surface area contributed by atoms with E-state index in [1.807, 2.05) is 0 Å². The molecule has 0 aliphatic heterocycles. The van der Waals surface area contributed by atoms with Crippen LogP contribution < -0.4 is 5.73 Å². The Morgan fingerprint density at radius 1 is 1.53 bits per heavy atom. The van der Waals surface area contributed by atoms with Gasteiger partial charge in [-0.1, -0.05) is 34.5 Å². The van der Waals surface area contributed by atoms with Gasteiger partial charge in [0.05, 0.1) is 5.92 Å². The van der Waals surface area contributed by atoms with Crippen LogP contribution in [0.4, 0.5) is 0 Å². The summed E-state index contributed by atoms with van der Waals surface area (Å²) in [5.74, 6) is -1.48. The molecular formula is C11H14BrCl2NO2. The molecule has 2 atom stereocenters. The minimum Gasteiger partial charge on any atom is -0.481 e. The fourth-order valence-corrected chi connectivity index (χ4v) is 2.47. The quantitative estimate of drug-likeness (QED) is 0.878. The van der Waals surface area contributed by atoms with E-state index in [4.69, 9.17) is 22.4 Å². The first-order chi connectivity index (χ1) is 7.45. The largest absolute Gasteiger partial charge is 0.481 e. The first-order valence-corrected chi connectivity index (χ1v) is 6.07. The van der Waals surface area contributed by atoms with Gasteiger partial charge in [-0.05, 0) is 30.2 Å². The molecule has 96 valence electrons. The minimum atomic E-state index is -0.883. The summed E-state index contributed by atoms with van der Waals surface area (Å²) in [4.78, 5) is 11.0. The van der Waals surface area contributed by atoms with Crippen molar-refractivity contribution in [2.45, 2.75) is 19.4 Å². The van der Waals surface area contributed by atoms with Gasteiger partial charge in [-0.3, -0.25) is 4.79 Å². The Morgan fingerprint density at radius 3 is 2.53 bits per heavy atom. The molecule has 1 rings (SSSR count). The van der Waals surface area contributed by atoms with Gasteiger partial charge in [-0.2, -0.15) is 0 Å². The van der Waals surface area contributed by atoms with Gasteiger partial charge in [0, 0.05) is 15.5 Å². The molecule has 0 heterocycles. The van der Waals surface area contributed by atoms with E-state index in [1.165, 1.54) is 0 Å². The molecule has 0 aliphatic carbocycles. The maximum atomic E-state index is 11.0. The van der Waals surface area contributed by atoms with Gasteiger partial charge in [0.2, 0.25) is 0 Å². The zero-order valence-corrected chi connectivity index (χ0v) is 12.3. The van der Waals surface area contributed by atoms with E-state index in [0.29, 0.717) is 11.4 Å².